The average molecular weight is 211 g/mol. The molecule has 2 rings (SSSR count). The van der Waals surface area contributed by atoms with Crippen molar-refractivity contribution in [3.8, 4) is 0 Å². The van der Waals surface area contributed by atoms with Crippen LogP contribution in [0.5, 0.6) is 0 Å². The van der Waals surface area contributed by atoms with Gasteiger partial charge in [0.1, 0.15) is 5.69 Å². The Bertz CT molecular complexity index is 410. The first-order valence-electron chi connectivity index (χ1n) is 5.01. The maximum atomic E-state index is 13.5. The van der Waals surface area contributed by atoms with Gasteiger partial charge in [-0.05, 0) is 6.07 Å². The van der Waals surface area contributed by atoms with Gasteiger partial charge in [0, 0.05) is 39.4 Å². The van der Waals surface area contributed by atoms with Crippen molar-refractivity contribution in [1.29, 1.82) is 0 Å². The Morgan fingerprint density at radius 1 is 1.40 bits per heavy atom. The minimum Gasteiger partial charge on any atom is -0.362 e. The predicted molar refractivity (Wildman–Crippen MR) is 56.7 cm³/mol. The smallest absolute Gasteiger partial charge is 0.276 e. The quantitative estimate of drug-likeness (QED) is 0.706. The van der Waals surface area contributed by atoms with Crippen molar-refractivity contribution in [2.75, 3.05) is 31.1 Å². The molecular weight excluding hydrogens is 197 g/mol. The van der Waals surface area contributed by atoms with Gasteiger partial charge in [0.15, 0.2) is 5.82 Å². The molecule has 1 aliphatic rings. The number of halogens is 1. The SMILES string of the molecule is Cn1ccc(F)c(N2CCNCC2)c1=O. The van der Waals surface area contributed by atoms with E-state index in [1.807, 2.05) is 0 Å². The summed E-state index contributed by atoms with van der Waals surface area (Å²) in [5.41, 5.74) is -0.0709. The van der Waals surface area contributed by atoms with E-state index in [2.05, 4.69) is 5.32 Å². The number of hydrogen-bond donors (Lipinski definition) is 1. The number of nitrogens with zero attached hydrogens (tertiary/aromatic N) is 2. The molecule has 0 bridgehead atoms. The average Bonchev–Trinajstić information content (AvgIpc) is 2.26. The van der Waals surface area contributed by atoms with Gasteiger partial charge in [-0.3, -0.25) is 4.79 Å². The van der Waals surface area contributed by atoms with Crippen LogP contribution < -0.4 is 15.8 Å². The summed E-state index contributed by atoms with van der Waals surface area (Å²) in [4.78, 5) is 13.5. The molecule has 1 saturated heterocycles. The lowest BCUT2D eigenvalue weighted by molar-refractivity contribution is 0.558. The van der Waals surface area contributed by atoms with Gasteiger partial charge in [-0.25, -0.2) is 4.39 Å². The van der Waals surface area contributed by atoms with Crippen LogP contribution in [0.1, 0.15) is 0 Å². The molecular formula is C10H14FN3O. The Kier molecular flexibility index (Phi) is 2.73. The summed E-state index contributed by atoms with van der Waals surface area (Å²) in [6.07, 6.45) is 1.45. The van der Waals surface area contributed by atoms with Crippen LogP contribution in [0.25, 0.3) is 0 Å². The monoisotopic (exact) mass is 211 g/mol. The summed E-state index contributed by atoms with van der Waals surface area (Å²) in [7, 11) is 1.63. The zero-order valence-corrected chi connectivity index (χ0v) is 8.66. The Morgan fingerprint density at radius 2 is 2.07 bits per heavy atom. The van der Waals surface area contributed by atoms with Gasteiger partial charge in [-0.1, -0.05) is 0 Å². The van der Waals surface area contributed by atoms with Crippen LogP contribution in [0.15, 0.2) is 17.1 Å². The Morgan fingerprint density at radius 3 is 2.73 bits per heavy atom. The molecule has 0 aliphatic carbocycles. The van der Waals surface area contributed by atoms with Crippen molar-refractivity contribution >= 4 is 5.69 Å². The van der Waals surface area contributed by atoms with Crippen LogP contribution >= 0.6 is 0 Å². The van der Waals surface area contributed by atoms with Crippen molar-refractivity contribution < 1.29 is 4.39 Å². The van der Waals surface area contributed by atoms with E-state index in [4.69, 9.17) is 0 Å². The molecule has 82 valence electrons. The summed E-state index contributed by atoms with van der Waals surface area (Å²) in [5, 5.41) is 3.17. The zero-order chi connectivity index (χ0) is 10.8. The van der Waals surface area contributed by atoms with Crippen molar-refractivity contribution in [2.45, 2.75) is 0 Å². The second-order valence-corrected chi connectivity index (χ2v) is 3.67. The van der Waals surface area contributed by atoms with Crippen molar-refractivity contribution in [3.63, 3.8) is 0 Å². The standard InChI is InChI=1S/C10H14FN3O/c1-13-5-2-8(11)9(10(13)15)14-6-3-12-4-7-14/h2,5,12H,3-4,6-7H2,1H3. The van der Waals surface area contributed by atoms with Gasteiger partial charge < -0.3 is 14.8 Å². The zero-order valence-electron chi connectivity index (χ0n) is 8.66. The molecule has 5 heteroatoms. The van der Waals surface area contributed by atoms with Crippen LogP contribution in [0, 0.1) is 5.82 Å². The number of rotatable bonds is 1. The van der Waals surface area contributed by atoms with Gasteiger partial charge >= 0.3 is 0 Å². The first-order valence-corrected chi connectivity index (χ1v) is 5.01. The van der Waals surface area contributed by atoms with Crippen molar-refractivity contribution in [3.05, 3.63) is 28.4 Å². The van der Waals surface area contributed by atoms with Crippen molar-refractivity contribution in [2.24, 2.45) is 7.05 Å². The predicted octanol–water partition coefficient (Wildman–Crippen LogP) is -0.0660. The maximum Gasteiger partial charge on any atom is 0.276 e. The molecule has 0 aromatic carbocycles. The van der Waals surface area contributed by atoms with E-state index in [9.17, 15) is 9.18 Å². The summed E-state index contributed by atoms with van der Waals surface area (Å²) in [6, 6.07) is 1.33. The molecule has 2 heterocycles. The fourth-order valence-electron chi connectivity index (χ4n) is 1.77. The van der Waals surface area contributed by atoms with Gasteiger partial charge in [0.25, 0.3) is 5.56 Å². The maximum absolute atomic E-state index is 13.5. The van der Waals surface area contributed by atoms with Crippen molar-refractivity contribution in [1.82, 2.24) is 9.88 Å². The van der Waals surface area contributed by atoms with Crippen LogP contribution in [0.3, 0.4) is 0 Å². The van der Waals surface area contributed by atoms with E-state index < -0.39 is 5.82 Å². The highest BCUT2D eigenvalue weighted by atomic mass is 19.1. The fraction of sp³-hybridized carbons (Fsp3) is 0.500. The van der Waals surface area contributed by atoms with Crippen LogP contribution in [0.2, 0.25) is 0 Å². The van der Waals surface area contributed by atoms with E-state index in [0.717, 1.165) is 13.1 Å². The molecule has 1 aromatic rings. The minimum absolute atomic E-state index is 0.196. The molecule has 1 N–H and O–H groups in total. The number of piperazine rings is 1. The van der Waals surface area contributed by atoms with E-state index in [0.29, 0.717) is 13.1 Å². The third-order valence-electron chi connectivity index (χ3n) is 2.63. The van der Waals surface area contributed by atoms with Crippen LogP contribution in [-0.2, 0) is 7.05 Å². The molecule has 0 atom stereocenters. The highest BCUT2D eigenvalue weighted by Crippen LogP contribution is 2.13. The Hall–Kier alpha value is -1.36. The lowest BCUT2D eigenvalue weighted by Crippen LogP contribution is -2.46. The first kappa shape index (κ1) is 10.2. The number of anilines is 1. The summed E-state index contributed by atoms with van der Waals surface area (Å²) in [5.74, 6) is -0.431. The van der Waals surface area contributed by atoms with E-state index in [1.165, 1.54) is 16.8 Å². The van der Waals surface area contributed by atoms with Gasteiger partial charge in [0.2, 0.25) is 0 Å². The number of hydrogen-bond acceptors (Lipinski definition) is 3. The summed E-state index contributed by atoms with van der Waals surface area (Å²) in [6.45, 7) is 2.93. The second kappa shape index (κ2) is 4.02. The molecule has 15 heavy (non-hydrogen) atoms. The van der Waals surface area contributed by atoms with Crippen LogP contribution in [-0.4, -0.2) is 30.7 Å². The third kappa shape index (κ3) is 1.87. The van der Waals surface area contributed by atoms with E-state index in [1.54, 1.807) is 11.9 Å². The highest BCUT2D eigenvalue weighted by Gasteiger charge is 2.18. The summed E-state index contributed by atoms with van der Waals surface area (Å²) >= 11 is 0. The molecule has 4 nitrogen and oxygen atoms in total. The molecule has 0 amide bonds. The molecule has 1 aromatic heterocycles. The van der Waals surface area contributed by atoms with Gasteiger partial charge in [-0.15, -0.1) is 0 Å². The molecule has 0 spiro atoms. The van der Waals surface area contributed by atoms with E-state index in [-0.39, 0.29) is 11.2 Å². The lowest BCUT2D eigenvalue weighted by Gasteiger charge is -2.29. The Balaban J connectivity index is 2.41. The third-order valence-corrected chi connectivity index (χ3v) is 2.63. The van der Waals surface area contributed by atoms with Gasteiger partial charge in [-0.2, -0.15) is 0 Å². The number of nitrogens with one attached hydrogen (secondary N) is 1. The highest BCUT2D eigenvalue weighted by molar-refractivity contribution is 5.46. The molecule has 1 aliphatic heterocycles. The minimum atomic E-state index is -0.431. The molecule has 1 fully saturated rings. The molecule has 0 radical (unpaired) electrons. The van der Waals surface area contributed by atoms with Crippen LogP contribution in [0.4, 0.5) is 10.1 Å². The normalized spacial score (nSPS) is 16.8. The number of pyridine rings is 1. The molecule has 0 saturated carbocycles. The number of aromatic nitrogens is 1. The topological polar surface area (TPSA) is 37.3 Å². The van der Waals surface area contributed by atoms with E-state index >= 15 is 0 Å². The molecule has 0 unspecified atom stereocenters. The fourth-order valence-corrected chi connectivity index (χ4v) is 1.77. The number of aryl methyl sites for hydroxylation is 1. The Labute approximate surface area is 87.3 Å². The second-order valence-electron chi connectivity index (χ2n) is 3.67. The van der Waals surface area contributed by atoms with Gasteiger partial charge in [0.05, 0.1) is 0 Å². The summed E-state index contributed by atoms with van der Waals surface area (Å²) < 4.78 is 14.9. The lowest BCUT2D eigenvalue weighted by atomic mass is 10.3. The largest absolute Gasteiger partial charge is 0.362 e. The first-order chi connectivity index (χ1) is 7.20.